The van der Waals surface area contributed by atoms with E-state index < -0.39 is 11.9 Å². The number of anilines is 1. The third kappa shape index (κ3) is 3.10. The number of carboxylic acids is 1. The van der Waals surface area contributed by atoms with Gasteiger partial charge in [0.1, 0.15) is 5.75 Å². The van der Waals surface area contributed by atoms with Crippen LogP contribution in [0.1, 0.15) is 35.1 Å². The van der Waals surface area contributed by atoms with E-state index in [0.717, 1.165) is 22.4 Å². The number of fused-ring (bicyclic) bond motifs is 1. The lowest BCUT2D eigenvalue weighted by Crippen LogP contribution is -2.24. The second kappa shape index (κ2) is 7.28. The molecular formula is C20H23N3O4. The minimum Gasteiger partial charge on any atom is -0.496 e. The number of carboxylic acid groups (broad SMARTS) is 1. The molecule has 0 spiro atoms. The van der Waals surface area contributed by atoms with Crippen LogP contribution in [0.5, 0.6) is 11.6 Å². The number of carbonyl (C=O) groups is 1. The summed E-state index contributed by atoms with van der Waals surface area (Å²) < 4.78 is 11.0. The number of methoxy groups -OCH3 is 2. The maximum absolute atomic E-state index is 12.1. The van der Waals surface area contributed by atoms with Gasteiger partial charge in [-0.15, -0.1) is 0 Å². The molecule has 4 N–H and O–H groups in total. The number of hydrogen-bond acceptors (Lipinski definition) is 6. The Bertz CT molecular complexity index is 937. The summed E-state index contributed by atoms with van der Waals surface area (Å²) in [4.78, 5) is 16.5. The van der Waals surface area contributed by atoms with Crippen LogP contribution in [0.4, 0.5) is 5.69 Å². The number of ether oxygens (including phenoxy) is 2. The van der Waals surface area contributed by atoms with Crippen LogP contribution in [0.2, 0.25) is 0 Å². The Labute approximate surface area is 157 Å². The van der Waals surface area contributed by atoms with Crippen LogP contribution in [-0.2, 0) is 11.3 Å². The van der Waals surface area contributed by atoms with E-state index in [1.54, 1.807) is 20.2 Å². The van der Waals surface area contributed by atoms with Crippen LogP contribution < -0.4 is 20.5 Å². The second-order valence-corrected chi connectivity index (χ2v) is 6.42. The van der Waals surface area contributed by atoms with Crippen molar-refractivity contribution in [2.75, 3.05) is 19.5 Å². The van der Waals surface area contributed by atoms with Crippen molar-refractivity contribution in [1.82, 2.24) is 4.98 Å². The smallest absolute Gasteiger partial charge is 0.334 e. The molecule has 0 radical (unpaired) electrons. The number of hydrogen-bond donors (Lipinski definition) is 3. The fourth-order valence-electron chi connectivity index (χ4n) is 3.54. The van der Waals surface area contributed by atoms with Gasteiger partial charge in [-0.2, -0.15) is 0 Å². The zero-order valence-corrected chi connectivity index (χ0v) is 15.8. The Kier molecular flexibility index (Phi) is 5.05. The van der Waals surface area contributed by atoms with E-state index in [4.69, 9.17) is 15.2 Å². The predicted molar refractivity (Wildman–Crippen MR) is 102 cm³/mol. The molecule has 0 saturated heterocycles. The molecule has 0 aliphatic carbocycles. The summed E-state index contributed by atoms with van der Waals surface area (Å²) >= 11 is 0. The number of aliphatic carboxylic acids is 1. The van der Waals surface area contributed by atoms with Crippen molar-refractivity contribution in [2.24, 2.45) is 5.73 Å². The molecule has 1 aromatic heterocycles. The normalized spacial score (nSPS) is 15.8. The summed E-state index contributed by atoms with van der Waals surface area (Å²) in [5, 5.41) is 13.2. The predicted octanol–water partition coefficient (Wildman–Crippen LogP) is 2.78. The maximum atomic E-state index is 12.1. The van der Waals surface area contributed by atoms with Gasteiger partial charge in [0.25, 0.3) is 0 Å². The van der Waals surface area contributed by atoms with E-state index in [2.05, 4.69) is 10.3 Å². The number of benzene rings is 1. The lowest BCUT2D eigenvalue weighted by atomic mass is 9.79. The number of aryl methyl sites for hydroxylation is 1. The lowest BCUT2D eigenvalue weighted by molar-refractivity contribution is -0.133. The van der Waals surface area contributed by atoms with Gasteiger partial charge in [-0.25, -0.2) is 9.78 Å². The summed E-state index contributed by atoms with van der Waals surface area (Å²) in [5.41, 5.74) is 10.5. The number of nitrogens with zero attached hydrogens (tertiary/aromatic N) is 1. The summed E-state index contributed by atoms with van der Waals surface area (Å²) in [6, 6.07) is 5.57. The fraction of sp³-hybridized carbons (Fsp3) is 0.300. The Balaban J connectivity index is 2.36. The van der Waals surface area contributed by atoms with Crippen LogP contribution in [0.3, 0.4) is 0 Å². The van der Waals surface area contributed by atoms with Gasteiger partial charge in [0.05, 0.1) is 37.0 Å². The maximum Gasteiger partial charge on any atom is 0.334 e. The quantitative estimate of drug-likeness (QED) is 0.744. The average molecular weight is 369 g/mol. The Hall–Kier alpha value is -3.06. The zero-order valence-electron chi connectivity index (χ0n) is 15.8. The summed E-state index contributed by atoms with van der Waals surface area (Å²) in [7, 11) is 3.08. The van der Waals surface area contributed by atoms with E-state index >= 15 is 0 Å². The first-order valence-corrected chi connectivity index (χ1v) is 8.54. The Morgan fingerprint density at radius 1 is 1.30 bits per heavy atom. The van der Waals surface area contributed by atoms with Crippen LogP contribution in [-0.4, -0.2) is 30.3 Å². The average Bonchev–Trinajstić information content (AvgIpc) is 2.67. The number of nitrogens with two attached hydrogens (primary N) is 1. The first kappa shape index (κ1) is 18.7. The van der Waals surface area contributed by atoms with Gasteiger partial charge in [-0.05, 0) is 31.0 Å². The van der Waals surface area contributed by atoms with Gasteiger partial charge in [-0.3, -0.25) is 0 Å². The minimum absolute atomic E-state index is 0.229. The summed E-state index contributed by atoms with van der Waals surface area (Å²) in [6.45, 7) is 4.04. The molecule has 3 rings (SSSR count). The van der Waals surface area contributed by atoms with Gasteiger partial charge in [0.2, 0.25) is 5.88 Å². The molecule has 1 aromatic carbocycles. The van der Waals surface area contributed by atoms with Crippen molar-refractivity contribution in [3.05, 3.63) is 57.9 Å². The highest BCUT2D eigenvalue weighted by Crippen LogP contribution is 2.48. The highest BCUT2D eigenvalue weighted by Gasteiger charge is 2.37. The highest BCUT2D eigenvalue weighted by molar-refractivity contribution is 5.94. The Morgan fingerprint density at radius 2 is 2.04 bits per heavy atom. The summed E-state index contributed by atoms with van der Waals surface area (Å²) in [5.74, 6) is -0.651. The molecule has 2 aromatic rings. The first-order valence-electron chi connectivity index (χ1n) is 8.54. The molecule has 1 aliphatic rings. The highest BCUT2D eigenvalue weighted by atomic mass is 16.5. The minimum atomic E-state index is -1.01. The standard InChI is InChI=1S/C20H23N3O4/c1-10-9-22-19(27-4)17-16(15(20(24)25)11(2)23-18(10)17)13-6-5-12(8-21)7-14(13)26-3/h5-7,9,16,23H,8,21H2,1-4H3,(H,24,25). The largest absolute Gasteiger partial charge is 0.496 e. The number of pyridine rings is 1. The van der Waals surface area contributed by atoms with Crippen molar-refractivity contribution in [2.45, 2.75) is 26.3 Å². The zero-order chi connectivity index (χ0) is 19.7. The van der Waals surface area contributed by atoms with E-state index in [1.807, 2.05) is 25.1 Å². The molecule has 0 bridgehead atoms. The molecule has 1 atom stereocenters. The van der Waals surface area contributed by atoms with Crippen molar-refractivity contribution < 1.29 is 19.4 Å². The van der Waals surface area contributed by atoms with Gasteiger partial charge in [0.15, 0.2) is 0 Å². The van der Waals surface area contributed by atoms with Crippen LogP contribution in [0.15, 0.2) is 35.7 Å². The Morgan fingerprint density at radius 3 is 2.63 bits per heavy atom. The number of allylic oxidation sites excluding steroid dienone is 1. The lowest BCUT2D eigenvalue weighted by Gasteiger charge is -2.31. The molecule has 0 saturated carbocycles. The molecule has 7 nitrogen and oxygen atoms in total. The van der Waals surface area contributed by atoms with Crippen molar-refractivity contribution in [3.63, 3.8) is 0 Å². The number of aromatic nitrogens is 1. The van der Waals surface area contributed by atoms with Crippen molar-refractivity contribution in [1.29, 1.82) is 0 Å². The molecule has 2 heterocycles. The topological polar surface area (TPSA) is 107 Å². The monoisotopic (exact) mass is 369 g/mol. The number of rotatable bonds is 5. The molecule has 0 fully saturated rings. The van der Waals surface area contributed by atoms with Crippen molar-refractivity contribution in [3.8, 4) is 11.6 Å². The molecule has 142 valence electrons. The van der Waals surface area contributed by atoms with Crippen LogP contribution in [0, 0.1) is 6.92 Å². The van der Waals surface area contributed by atoms with Gasteiger partial charge in [-0.1, -0.05) is 12.1 Å². The van der Waals surface area contributed by atoms with E-state index in [-0.39, 0.29) is 5.57 Å². The molecule has 0 amide bonds. The SMILES string of the molecule is COc1cc(CN)ccc1C1C(C(=O)O)=C(C)Nc2c(C)cnc(OC)c21. The summed E-state index contributed by atoms with van der Waals surface area (Å²) in [6.07, 6.45) is 1.70. The molecular weight excluding hydrogens is 346 g/mol. The molecule has 7 heteroatoms. The third-order valence-electron chi connectivity index (χ3n) is 4.83. The van der Waals surface area contributed by atoms with E-state index in [1.165, 1.54) is 7.11 Å². The third-order valence-corrected chi connectivity index (χ3v) is 4.83. The second-order valence-electron chi connectivity index (χ2n) is 6.42. The molecule has 27 heavy (non-hydrogen) atoms. The first-order chi connectivity index (χ1) is 12.9. The van der Waals surface area contributed by atoms with Crippen LogP contribution in [0.25, 0.3) is 0 Å². The van der Waals surface area contributed by atoms with Gasteiger partial charge < -0.3 is 25.6 Å². The number of nitrogens with one attached hydrogen (secondary N) is 1. The van der Waals surface area contributed by atoms with E-state index in [9.17, 15) is 9.90 Å². The van der Waals surface area contributed by atoms with E-state index in [0.29, 0.717) is 29.4 Å². The molecule has 1 unspecified atom stereocenters. The van der Waals surface area contributed by atoms with Crippen LogP contribution >= 0.6 is 0 Å². The molecule has 1 aliphatic heterocycles. The van der Waals surface area contributed by atoms with Gasteiger partial charge in [0, 0.05) is 24.0 Å². The van der Waals surface area contributed by atoms with Crippen molar-refractivity contribution >= 4 is 11.7 Å². The fourth-order valence-corrected chi connectivity index (χ4v) is 3.54. The van der Waals surface area contributed by atoms with Gasteiger partial charge >= 0.3 is 5.97 Å².